The van der Waals surface area contributed by atoms with E-state index >= 15 is 0 Å². The van der Waals surface area contributed by atoms with Gasteiger partial charge in [-0.1, -0.05) is 6.08 Å². The van der Waals surface area contributed by atoms with E-state index in [-0.39, 0.29) is 23.2 Å². The number of hydrogen-bond donors (Lipinski definition) is 1. The average molecular weight is 454 g/mol. The number of ether oxygens (including phenoxy) is 1. The zero-order valence-corrected chi connectivity index (χ0v) is 15.8. The van der Waals surface area contributed by atoms with Crippen molar-refractivity contribution in [1.82, 2.24) is 4.90 Å². The molecule has 166 valence electrons. The molecular weight excluding hydrogens is 443 g/mol. The Morgan fingerprint density at radius 3 is 2.09 bits per heavy atom. The number of carbonyl (C=O) groups is 4. The number of imide groups is 1. The lowest BCUT2D eigenvalue weighted by molar-refractivity contribution is -0.119. The van der Waals surface area contributed by atoms with E-state index < -0.39 is 65.1 Å². The first kappa shape index (κ1) is 22.6. The van der Waals surface area contributed by atoms with E-state index in [1.54, 1.807) is 0 Å². The highest BCUT2D eigenvalue weighted by molar-refractivity contribution is 6.22. The molecule has 0 fully saturated rings. The van der Waals surface area contributed by atoms with Crippen molar-refractivity contribution in [3.05, 3.63) is 76.6 Å². The first-order chi connectivity index (χ1) is 15.1. The van der Waals surface area contributed by atoms with Gasteiger partial charge in [-0.2, -0.15) is 0 Å². The van der Waals surface area contributed by atoms with E-state index in [1.807, 2.05) is 0 Å². The molecule has 3 rings (SSSR count). The minimum atomic E-state index is -2.40. The summed E-state index contributed by atoms with van der Waals surface area (Å²) in [4.78, 5) is 49.2. The number of amides is 3. The van der Waals surface area contributed by atoms with Crippen LogP contribution in [0.15, 0.2) is 30.9 Å². The van der Waals surface area contributed by atoms with Crippen LogP contribution in [0.1, 0.15) is 31.1 Å². The predicted molar refractivity (Wildman–Crippen MR) is 97.2 cm³/mol. The highest BCUT2D eigenvalue weighted by Gasteiger charge is 2.35. The molecule has 1 heterocycles. The van der Waals surface area contributed by atoms with E-state index in [1.165, 1.54) is 17.5 Å². The second-order valence-electron chi connectivity index (χ2n) is 6.34. The third-order valence-electron chi connectivity index (χ3n) is 4.33. The van der Waals surface area contributed by atoms with Gasteiger partial charge in [0, 0.05) is 6.54 Å². The van der Waals surface area contributed by atoms with Crippen LogP contribution < -0.4 is 5.32 Å². The molecule has 7 nitrogen and oxygen atoms in total. The van der Waals surface area contributed by atoms with Gasteiger partial charge in [-0.15, -0.1) is 6.58 Å². The molecule has 1 aliphatic rings. The molecule has 1 N–H and O–H groups in total. The van der Waals surface area contributed by atoms with Gasteiger partial charge in [0.2, 0.25) is 5.82 Å². The van der Waals surface area contributed by atoms with Gasteiger partial charge >= 0.3 is 5.97 Å². The summed E-state index contributed by atoms with van der Waals surface area (Å²) in [6, 6.07) is 3.40. The number of fused-ring (bicyclic) bond motifs is 1. The van der Waals surface area contributed by atoms with Gasteiger partial charge in [0.05, 0.1) is 16.7 Å². The average Bonchev–Trinajstić information content (AvgIpc) is 3.02. The van der Waals surface area contributed by atoms with Crippen LogP contribution >= 0.6 is 0 Å². The van der Waals surface area contributed by atoms with Crippen LogP contribution in [0.5, 0.6) is 0 Å². The van der Waals surface area contributed by atoms with Gasteiger partial charge in [0.25, 0.3) is 17.7 Å². The smallest absolute Gasteiger partial charge is 0.338 e. The normalized spacial score (nSPS) is 12.6. The van der Waals surface area contributed by atoms with Crippen LogP contribution in [0.4, 0.5) is 27.6 Å². The Morgan fingerprint density at radius 2 is 1.50 bits per heavy atom. The molecule has 0 bridgehead atoms. The van der Waals surface area contributed by atoms with Crippen LogP contribution in [0.2, 0.25) is 0 Å². The molecule has 0 aliphatic carbocycles. The molecule has 0 spiro atoms. The highest BCUT2D eigenvalue weighted by Crippen LogP contribution is 2.27. The maximum Gasteiger partial charge on any atom is 0.338 e. The molecule has 12 heteroatoms. The highest BCUT2D eigenvalue weighted by atomic mass is 19.2. The van der Waals surface area contributed by atoms with E-state index in [4.69, 9.17) is 0 Å². The molecule has 0 aromatic heterocycles. The summed E-state index contributed by atoms with van der Waals surface area (Å²) in [5.74, 6) is -15.3. The van der Waals surface area contributed by atoms with Crippen LogP contribution in [0, 0.1) is 29.1 Å². The minimum Gasteiger partial charge on any atom is -0.452 e. The van der Waals surface area contributed by atoms with Gasteiger partial charge in [-0.05, 0) is 18.2 Å². The number of anilines is 1. The Hall–Kier alpha value is -4.09. The van der Waals surface area contributed by atoms with Crippen molar-refractivity contribution >= 4 is 29.4 Å². The van der Waals surface area contributed by atoms with Gasteiger partial charge < -0.3 is 10.1 Å². The summed E-state index contributed by atoms with van der Waals surface area (Å²) < 4.78 is 71.2. The van der Waals surface area contributed by atoms with Crippen molar-refractivity contribution in [1.29, 1.82) is 0 Å². The third kappa shape index (κ3) is 3.82. The van der Waals surface area contributed by atoms with Crippen LogP contribution in [-0.2, 0) is 9.53 Å². The molecule has 0 saturated carbocycles. The summed E-state index contributed by atoms with van der Waals surface area (Å²) in [6.45, 7) is 2.23. The van der Waals surface area contributed by atoms with Crippen LogP contribution in [-0.4, -0.2) is 41.7 Å². The zero-order chi connectivity index (χ0) is 23.7. The van der Waals surface area contributed by atoms with E-state index in [0.29, 0.717) is 0 Å². The number of nitrogens with zero attached hydrogens (tertiary/aromatic N) is 1. The largest absolute Gasteiger partial charge is 0.452 e. The van der Waals surface area contributed by atoms with Gasteiger partial charge in [0.15, 0.2) is 29.9 Å². The number of hydrogen-bond acceptors (Lipinski definition) is 5. The summed E-state index contributed by atoms with van der Waals surface area (Å²) in [6.07, 6.45) is 1.33. The molecule has 0 saturated heterocycles. The van der Waals surface area contributed by atoms with Gasteiger partial charge in [-0.25, -0.2) is 26.7 Å². The fraction of sp³-hybridized carbons (Fsp3) is 0.100. The summed E-state index contributed by atoms with van der Waals surface area (Å²) in [7, 11) is 0. The number of rotatable bonds is 6. The Bertz CT molecular complexity index is 1170. The fourth-order valence-corrected chi connectivity index (χ4v) is 2.82. The summed E-state index contributed by atoms with van der Waals surface area (Å²) in [5.41, 5.74) is -1.88. The van der Waals surface area contributed by atoms with E-state index in [0.717, 1.165) is 17.0 Å². The maximum absolute atomic E-state index is 13.6. The Kier molecular flexibility index (Phi) is 6.05. The second-order valence-corrected chi connectivity index (χ2v) is 6.34. The van der Waals surface area contributed by atoms with E-state index in [2.05, 4.69) is 11.3 Å². The van der Waals surface area contributed by atoms with Crippen molar-refractivity contribution in [2.45, 2.75) is 0 Å². The quantitative estimate of drug-likeness (QED) is 0.181. The molecule has 3 amide bonds. The van der Waals surface area contributed by atoms with E-state index in [9.17, 15) is 41.1 Å². The second kappa shape index (κ2) is 8.57. The molecular formula is C20H11F5N2O5. The Labute approximate surface area is 176 Å². The van der Waals surface area contributed by atoms with Crippen molar-refractivity contribution < 1.29 is 45.9 Å². The lowest BCUT2D eigenvalue weighted by Crippen LogP contribution is -2.29. The first-order valence-electron chi connectivity index (χ1n) is 8.68. The van der Waals surface area contributed by atoms with Crippen LogP contribution in [0.25, 0.3) is 0 Å². The lowest BCUT2D eigenvalue weighted by Gasteiger charge is -2.10. The molecule has 1 aliphatic heterocycles. The Morgan fingerprint density at radius 1 is 0.938 bits per heavy atom. The van der Waals surface area contributed by atoms with Crippen molar-refractivity contribution in [2.24, 2.45) is 0 Å². The fourth-order valence-electron chi connectivity index (χ4n) is 2.82. The lowest BCUT2D eigenvalue weighted by atomic mass is 10.1. The van der Waals surface area contributed by atoms with Crippen molar-refractivity contribution in [3.63, 3.8) is 0 Å². The van der Waals surface area contributed by atoms with Crippen molar-refractivity contribution in [3.8, 4) is 0 Å². The minimum absolute atomic E-state index is 0.0393. The number of nitrogens with one attached hydrogen (secondary N) is 1. The number of carbonyl (C=O) groups excluding carboxylic acids is 4. The number of esters is 1. The topological polar surface area (TPSA) is 92.8 Å². The third-order valence-corrected chi connectivity index (χ3v) is 4.33. The van der Waals surface area contributed by atoms with Crippen molar-refractivity contribution in [2.75, 3.05) is 18.5 Å². The van der Waals surface area contributed by atoms with Crippen LogP contribution in [0.3, 0.4) is 0 Å². The first-order valence-corrected chi connectivity index (χ1v) is 8.68. The zero-order valence-electron chi connectivity index (χ0n) is 15.8. The van der Waals surface area contributed by atoms with Gasteiger partial charge in [-0.3, -0.25) is 19.3 Å². The predicted octanol–water partition coefficient (Wildman–Crippen LogP) is 2.96. The van der Waals surface area contributed by atoms with Gasteiger partial charge in [0.1, 0.15) is 5.69 Å². The molecule has 0 unspecified atom stereocenters. The molecule has 2 aromatic rings. The SMILES string of the molecule is C=CCN1C(=O)c2ccc(C(=O)OCC(=O)Nc3c(F)c(F)c(F)c(F)c3F)cc2C1=O. The Balaban J connectivity index is 1.70. The number of halogens is 5. The molecule has 0 radical (unpaired) electrons. The summed E-state index contributed by atoms with van der Waals surface area (Å²) in [5, 5.41) is 1.44. The summed E-state index contributed by atoms with van der Waals surface area (Å²) >= 11 is 0. The maximum atomic E-state index is 13.6. The molecule has 2 aromatic carbocycles. The monoisotopic (exact) mass is 454 g/mol. The number of benzene rings is 2. The molecule has 0 atom stereocenters. The standard InChI is InChI=1S/C20H11F5N2O5/c1-2-5-27-18(29)9-4-3-8(6-10(9)19(27)30)20(31)32-7-11(28)26-17-15(24)13(22)12(21)14(23)16(17)25/h2-4,6H,1,5,7H2,(H,26,28). The molecule has 32 heavy (non-hydrogen) atoms.